The van der Waals surface area contributed by atoms with Crippen molar-refractivity contribution in [1.29, 1.82) is 0 Å². The van der Waals surface area contributed by atoms with Crippen molar-refractivity contribution >= 4 is 27.7 Å². The van der Waals surface area contributed by atoms with Gasteiger partial charge in [-0.15, -0.1) is 11.8 Å². The second-order valence-electron chi connectivity index (χ2n) is 4.65. The molecule has 0 aliphatic carbocycles. The van der Waals surface area contributed by atoms with Gasteiger partial charge in [0.15, 0.2) is 0 Å². The largest absolute Gasteiger partial charge is 0.313 e. The molecule has 0 aromatic heterocycles. The first-order chi connectivity index (χ1) is 9.58. The van der Waals surface area contributed by atoms with Crippen molar-refractivity contribution < 1.29 is 4.39 Å². The Kier molecular flexibility index (Phi) is 5.64. The predicted octanol–water partition coefficient (Wildman–Crippen LogP) is 5.16. The Bertz CT molecular complexity index is 568. The highest BCUT2D eigenvalue weighted by molar-refractivity contribution is 9.10. The summed E-state index contributed by atoms with van der Waals surface area (Å²) in [5.41, 5.74) is 2.24. The van der Waals surface area contributed by atoms with Crippen LogP contribution in [-0.4, -0.2) is 7.05 Å². The number of benzene rings is 2. The molecule has 0 heterocycles. The van der Waals surface area contributed by atoms with Crippen LogP contribution >= 0.6 is 27.7 Å². The molecule has 0 aliphatic heterocycles. The Morgan fingerprint density at radius 3 is 2.75 bits per heavy atom. The van der Waals surface area contributed by atoms with E-state index in [0.29, 0.717) is 6.04 Å². The number of rotatable bonds is 5. The van der Waals surface area contributed by atoms with E-state index in [1.807, 2.05) is 13.1 Å². The Balaban J connectivity index is 2.07. The fourth-order valence-electron chi connectivity index (χ4n) is 1.90. The Morgan fingerprint density at radius 2 is 2.05 bits per heavy atom. The molecule has 1 N–H and O–H groups in total. The van der Waals surface area contributed by atoms with Gasteiger partial charge in [-0.3, -0.25) is 0 Å². The molecule has 0 saturated carbocycles. The second-order valence-corrected chi connectivity index (χ2v) is 6.61. The van der Waals surface area contributed by atoms with Gasteiger partial charge in [-0.05, 0) is 55.4 Å². The molecule has 0 amide bonds. The summed E-state index contributed by atoms with van der Waals surface area (Å²) in [6.07, 6.45) is 0. The molecular formula is C16H17BrFNS. The third-order valence-electron chi connectivity index (χ3n) is 3.12. The summed E-state index contributed by atoms with van der Waals surface area (Å²) in [5, 5.41) is 3.23. The van der Waals surface area contributed by atoms with Crippen LogP contribution in [0.15, 0.2) is 51.8 Å². The molecule has 1 nitrogen and oxygen atoms in total. The highest BCUT2D eigenvalue weighted by Gasteiger charge is 2.05. The van der Waals surface area contributed by atoms with Crippen molar-refractivity contribution in [3.05, 3.63) is 63.9 Å². The number of thioether (sulfide) groups is 1. The van der Waals surface area contributed by atoms with Gasteiger partial charge in [-0.25, -0.2) is 4.39 Å². The van der Waals surface area contributed by atoms with Crippen molar-refractivity contribution in [3.8, 4) is 0 Å². The third kappa shape index (κ3) is 4.33. The van der Waals surface area contributed by atoms with Crippen molar-refractivity contribution in [2.45, 2.75) is 23.6 Å². The lowest BCUT2D eigenvalue weighted by Gasteiger charge is -2.12. The summed E-state index contributed by atoms with van der Waals surface area (Å²) < 4.78 is 14.1. The molecule has 2 rings (SSSR count). The van der Waals surface area contributed by atoms with Gasteiger partial charge in [0.1, 0.15) is 5.82 Å². The van der Waals surface area contributed by atoms with E-state index in [1.165, 1.54) is 16.5 Å². The van der Waals surface area contributed by atoms with Gasteiger partial charge in [0.05, 0.1) is 0 Å². The van der Waals surface area contributed by atoms with Gasteiger partial charge in [0.2, 0.25) is 0 Å². The van der Waals surface area contributed by atoms with Crippen LogP contribution < -0.4 is 5.32 Å². The normalized spacial score (nSPS) is 12.4. The molecule has 2 aromatic carbocycles. The van der Waals surface area contributed by atoms with Gasteiger partial charge in [0, 0.05) is 21.2 Å². The molecule has 0 saturated heterocycles. The number of halogens is 2. The quantitative estimate of drug-likeness (QED) is 0.745. The molecule has 0 radical (unpaired) electrons. The first-order valence-electron chi connectivity index (χ1n) is 6.43. The van der Waals surface area contributed by atoms with Gasteiger partial charge in [-0.1, -0.05) is 28.1 Å². The SMILES string of the molecule is CNC(C)c1cccc(SCc2cc(F)cc(Br)c2)c1. The lowest BCUT2D eigenvalue weighted by atomic mass is 10.1. The molecule has 2 aromatic rings. The summed E-state index contributed by atoms with van der Waals surface area (Å²) >= 11 is 5.04. The molecule has 106 valence electrons. The molecule has 1 unspecified atom stereocenters. The maximum Gasteiger partial charge on any atom is 0.124 e. The van der Waals surface area contributed by atoms with E-state index in [4.69, 9.17) is 0 Å². The lowest BCUT2D eigenvalue weighted by Crippen LogP contribution is -2.11. The van der Waals surface area contributed by atoms with Gasteiger partial charge >= 0.3 is 0 Å². The van der Waals surface area contributed by atoms with Crippen LogP contribution in [-0.2, 0) is 5.75 Å². The zero-order valence-electron chi connectivity index (χ0n) is 11.5. The molecule has 0 bridgehead atoms. The number of nitrogens with one attached hydrogen (secondary N) is 1. The van der Waals surface area contributed by atoms with Crippen LogP contribution in [0.25, 0.3) is 0 Å². The molecule has 20 heavy (non-hydrogen) atoms. The minimum atomic E-state index is -0.201. The summed E-state index contributed by atoms with van der Waals surface area (Å²) in [6.45, 7) is 2.13. The number of hydrogen-bond acceptors (Lipinski definition) is 2. The fraction of sp³-hybridized carbons (Fsp3) is 0.250. The monoisotopic (exact) mass is 353 g/mol. The van der Waals surface area contributed by atoms with Crippen molar-refractivity contribution in [2.75, 3.05) is 7.05 Å². The predicted molar refractivity (Wildman–Crippen MR) is 87.6 cm³/mol. The molecule has 0 aliphatic rings. The van der Waals surface area contributed by atoms with Gasteiger partial charge in [-0.2, -0.15) is 0 Å². The fourth-order valence-corrected chi connectivity index (χ4v) is 3.31. The zero-order valence-corrected chi connectivity index (χ0v) is 13.9. The van der Waals surface area contributed by atoms with E-state index in [-0.39, 0.29) is 5.82 Å². The average molecular weight is 354 g/mol. The summed E-state index contributed by atoms with van der Waals surface area (Å²) in [6, 6.07) is 13.8. The van der Waals surface area contributed by atoms with Crippen molar-refractivity contribution in [1.82, 2.24) is 5.32 Å². The molecule has 0 fully saturated rings. The first kappa shape index (κ1) is 15.5. The molecule has 0 spiro atoms. The van der Waals surface area contributed by atoms with Crippen molar-refractivity contribution in [3.63, 3.8) is 0 Å². The van der Waals surface area contributed by atoms with E-state index in [2.05, 4.69) is 52.4 Å². The Labute approximate surface area is 132 Å². The maximum atomic E-state index is 13.3. The minimum Gasteiger partial charge on any atom is -0.313 e. The van der Waals surface area contributed by atoms with Crippen LogP contribution in [0.4, 0.5) is 4.39 Å². The first-order valence-corrected chi connectivity index (χ1v) is 8.21. The molecule has 1 atom stereocenters. The zero-order chi connectivity index (χ0) is 14.5. The van der Waals surface area contributed by atoms with E-state index < -0.39 is 0 Å². The Hall–Kier alpha value is -0.840. The van der Waals surface area contributed by atoms with E-state index in [0.717, 1.165) is 15.8 Å². The lowest BCUT2D eigenvalue weighted by molar-refractivity contribution is 0.625. The second kappa shape index (κ2) is 7.25. The van der Waals surface area contributed by atoms with E-state index in [9.17, 15) is 4.39 Å². The third-order valence-corrected chi connectivity index (χ3v) is 4.64. The summed E-state index contributed by atoms with van der Waals surface area (Å²) in [5.74, 6) is 0.556. The van der Waals surface area contributed by atoms with Crippen LogP contribution in [0.2, 0.25) is 0 Å². The van der Waals surface area contributed by atoms with Crippen LogP contribution in [0.5, 0.6) is 0 Å². The van der Waals surface area contributed by atoms with Gasteiger partial charge in [0.25, 0.3) is 0 Å². The maximum absolute atomic E-state index is 13.3. The highest BCUT2D eigenvalue weighted by Crippen LogP contribution is 2.27. The highest BCUT2D eigenvalue weighted by atomic mass is 79.9. The smallest absolute Gasteiger partial charge is 0.124 e. The van der Waals surface area contributed by atoms with E-state index in [1.54, 1.807) is 17.8 Å². The summed E-state index contributed by atoms with van der Waals surface area (Å²) in [4.78, 5) is 1.20. The minimum absolute atomic E-state index is 0.201. The van der Waals surface area contributed by atoms with Crippen LogP contribution in [0.3, 0.4) is 0 Å². The van der Waals surface area contributed by atoms with Crippen LogP contribution in [0.1, 0.15) is 24.1 Å². The molecule has 4 heteroatoms. The Morgan fingerprint density at radius 1 is 1.25 bits per heavy atom. The van der Waals surface area contributed by atoms with Crippen molar-refractivity contribution in [2.24, 2.45) is 0 Å². The topological polar surface area (TPSA) is 12.0 Å². The van der Waals surface area contributed by atoms with Crippen LogP contribution in [0, 0.1) is 5.82 Å². The number of hydrogen-bond donors (Lipinski definition) is 1. The summed E-state index contributed by atoms with van der Waals surface area (Å²) in [7, 11) is 1.95. The van der Waals surface area contributed by atoms with Gasteiger partial charge < -0.3 is 5.32 Å². The van der Waals surface area contributed by atoms with E-state index >= 15 is 0 Å². The molecular weight excluding hydrogens is 337 g/mol. The average Bonchev–Trinajstić information content (AvgIpc) is 2.43. The standard InChI is InChI=1S/C16H17BrFNS/c1-11(19-2)13-4-3-5-16(8-13)20-10-12-6-14(17)9-15(18)7-12/h3-9,11,19H,10H2,1-2H3.